The highest BCUT2D eigenvalue weighted by Crippen LogP contribution is 2.75. The van der Waals surface area contributed by atoms with Gasteiger partial charge in [-0.1, -0.05) is 40.7 Å². The second-order valence-electron chi connectivity index (χ2n) is 16.7. The molecule has 10 nitrogen and oxygen atoms in total. The van der Waals surface area contributed by atoms with Crippen molar-refractivity contribution in [1.82, 2.24) is 0 Å². The maximum atomic E-state index is 11.3. The van der Waals surface area contributed by atoms with Gasteiger partial charge in [0.25, 0.3) is 0 Å². The van der Waals surface area contributed by atoms with Crippen molar-refractivity contribution >= 4 is 0 Å². The van der Waals surface area contributed by atoms with Crippen molar-refractivity contribution in [3.8, 4) is 0 Å². The summed E-state index contributed by atoms with van der Waals surface area (Å²) in [6.45, 7) is 14.0. The van der Waals surface area contributed by atoms with Gasteiger partial charge in [0.15, 0.2) is 5.72 Å². The number of nitrogens with two attached hydrogens (primary N) is 4. The van der Waals surface area contributed by atoms with Gasteiger partial charge in [0, 0.05) is 46.0 Å². The molecule has 0 aromatic rings. The number of hydrogen-bond acceptors (Lipinski definition) is 10. The Morgan fingerprint density at radius 3 is 2.00 bits per heavy atom. The third kappa shape index (κ3) is 3.87. The quantitative estimate of drug-likeness (QED) is 0.207. The molecule has 4 fully saturated rings. The Labute approximate surface area is 271 Å². The Balaban J connectivity index is 1.78. The van der Waals surface area contributed by atoms with Gasteiger partial charge >= 0.3 is 0 Å². The third-order valence-corrected chi connectivity index (χ3v) is 15.2. The zero-order chi connectivity index (χ0) is 33.7. The van der Waals surface area contributed by atoms with Gasteiger partial charge in [-0.2, -0.15) is 0 Å². The minimum Gasteiger partial charge on any atom is -0.389 e. The van der Waals surface area contributed by atoms with Crippen molar-refractivity contribution in [2.45, 2.75) is 140 Å². The van der Waals surface area contributed by atoms with Crippen LogP contribution in [0.5, 0.6) is 0 Å². The normalized spacial score (nSPS) is 54.2. The minimum absolute atomic E-state index is 0.221. The highest BCUT2D eigenvalue weighted by Gasteiger charge is 2.80. The summed E-state index contributed by atoms with van der Waals surface area (Å²) in [6.07, 6.45) is 5.83. The number of aliphatic hydroxyl groups is 1. The summed E-state index contributed by atoms with van der Waals surface area (Å²) < 4.78 is 31.4. The molecular formula is C35H64N4O6. The predicted octanol–water partition coefficient (Wildman–Crippen LogP) is 2.97. The van der Waals surface area contributed by atoms with Crippen molar-refractivity contribution in [3.05, 3.63) is 11.6 Å². The van der Waals surface area contributed by atoms with Crippen LogP contribution in [-0.4, -0.2) is 93.5 Å². The van der Waals surface area contributed by atoms with E-state index in [1.165, 1.54) is 5.57 Å². The average molecular weight is 637 g/mol. The molecule has 0 spiro atoms. The van der Waals surface area contributed by atoms with Crippen molar-refractivity contribution in [1.29, 1.82) is 0 Å². The number of methoxy groups -OCH3 is 4. The summed E-state index contributed by atoms with van der Waals surface area (Å²) in [4.78, 5) is 0. The first-order valence-electron chi connectivity index (χ1n) is 17.1. The SMILES string of the molecule is CCO[C@@]1(N)[C@@H](O)CC[C@]2(C)[C@@]3(N)CC=C4[C@]5(N)CC(C)(C)[C@@H](OC)[C@H](OC)[C@]5(COC)[C@H](OC)CC[C@@]4(C)[C@]3(C)CC[C@]21N. The molecule has 0 aliphatic heterocycles. The van der Waals surface area contributed by atoms with E-state index in [1.54, 1.807) is 28.4 Å². The fourth-order valence-electron chi connectivity index (χ4n) is 12.6. The lowest BCUT2D eigenvalue weighted by atomic mass is 9.32. The molecule has 10 heteroatoms. The smallest absolute Gasteiger partial charge is 0.161 e. The Morgan fingerprint density at radius 2 is 1.44 bits per heavy atom. The molecule has 45 heavy (non-hydrogen) atoms. The van der Waals surface area contributed by atoms with Crippen LogP contribution in [0.2, 0.25) is 0 Å². The molecule has 5 aliphatic carbocycles. The first-order valence-corrected chi connectivity index (χ1v) is 17.1. The third-order valence-electron chi connectivity index (χ3n) is 15.2. The zero-order valence-electron chi connectivity index (χ0n) is 29.8. The van der Waals surface area contributed by atoms with Crippen molar-refractivity contribution in [2.75, 3.05) is 41.7 Å². The topological polar surface area (TPSA) is 170 Å². The van der Waals surface area contributed by atoms with E-state index in [9.17, 15) is 5.11 Å². The van der Waals surface area contributed by atoms with Gasteiger partial charge < -0.3 is 46.0 Å². The van der Waals surface area contributed by atoms with Gasteiger partial charge in [-0.25, -0.2) is 0 Å². The van der Waals surface area contributed by atoms with E-state index in [2.05, 4.69) is 40.7 Å². The van der Waals surface area contributed by atoms with Crippen LogP contribution in [0.3, 0.4) is 0 Å². The Kier molecular flexibility index (Phi) is 8.65. The van der Waals surface area contributed by atoms with Crippen LogP contribution in [0.15, 0.2) is 11.6 Å². The first-order chi connectivity index (χ1) is 20.8. The molecule has 0 aromatic heterocycles. The lowest BCUT2D eigenvalue weighted by Gasteiger charge is -2.76. The van der Waals surface area contributed by atoms with Gasteiger partial charge in [-0.15, -0.1) is 0 Å². The second kappa shape index (κ2) is 10.9. The van der Waals surface area contributed by atoms with Crippen molar-refractivity contribution in [2.24, 2.45) is 50.0 Å². The molecule has 0 radical (unpaired) electrons. The molecule has 0 unspecified atom stereocenters. The van der Waals surface area contributed by atoms with Crippen molar-refractivity contribution in [3.63, 3.8) is 0 Å². The van der Waals surface area contributed by atoms with E-state index in [1.807, 2.05) is 6.92 Å². The summed E-state index contributed by atoms with van der Waals surface area (Å²) in [5, 5.41) is 11.3. The summed E-state index contributed by atoms with van der Waals surface area (Å²) in [7, 11) is 7.03. The molecule has 0 heterocycles. The first kappa shape index (κ1) is 35.6. The van der Waals surface area contributed by atoms with Crippen LogP contribution in [0.25, 0.3) is 0 Å². The largest absolute Gasteiger partial charge is 0.389 e. The van der Waals surface area contributed by atoms with E-state index < -0.39 is 50.1 Å². The fraction of sp³-hybridized carbons (Fsp3) is 0.943. The summed E-state index contributed by atoms with van der Waals surface area (Å²) in [6, 6.07) is 0. The second-order valence-corrected chi connectivity index (χ2v) is 16.7. The zero-order valence-corrected chi connectivity index (χ0v) is 29.8. The number of aliphatic hydroxyl groups excluding tert-OH is 1. The molecule has 0 saturated heterocycles. The van der Waals surface area contributed by atoms with Gasteiger partial charge in [0.1, 0.15) is 0 Å². The molecule has 5 rings (SSSR count). The van der Waals surface area contributed by atoms with Crippen molar-refractivity contribution < 1.29 is 28.8 Å². The van der Waals surface area contributed by atoms with E-state index in [4.69, 9.17) is 46.6 Å². The molecule has 12 atom stereocenters. The average Bonchev–Trinajstić information content (AvgIpc) is 3.04. The molecule has 9 N–H and O–H groups in total. The van der Waals surface area contributed by atoms with Gasteiger partial charge in [0.05, 0.1) is 47.5 Å². The summed E-state index contributed by atoms with van der Waals surface area (Å²) >= 11 is 0. The Morgan fingerprint density at radius 1 is 0.800 bits per heavy atom. The van der Waals surface area contributed by atoms with Gasteiger partial charge in [-0.3, -0.25) is 5.73 Å². The molecule has 5 aliphatic rings. The molecular weight excluding hydrogens is 572 g/mol. The van der Waals surface area contributed by atoms with Crippen LogP contribution in [0, 0.1) is 27.1 Å². The highest BCUT2D eigenvalue weighted by atomic mass is 16.5. The van der Waals surface area contributed by atoms with Crippen LogP contribution >= 0.6 is 0 Å². The van der Waals surface area contributed by atoms with Gasteiger partial charge in [0.2, 0.25) is 0 Å². The van der Waals surface area contributed by atoms with Crippen LogP contribution < -0.4 is 22.9 Å². The maximum absolute atomic E-state index is 11.3. The van der Waals surface area contributed by atoms with Crippen LogP contribution in [0.4, 0.5) is 0 Å². The van der Waals surface area contributed by atoms with Gasteiger partial charge in [-0.05, 0) is 80.1 Å². The number of rotatable bonds is 7. The molecule has 260 valence electrons. The Bertz CT molecular complexity index is 1190. The number of ether oxygens (including phenoxy) is 5. The summed E-state index contributed by atoms with van der Waals surface area (Å²) in [5.74, 6) is 0. The fourth-order valence-corrected chi connectivity index (χ4v) is 12.6. The number of hydrogen-bond donors (Lipinski definition) is 5. The van der Waals surface area contributed by atoms with Crippen LogP contribution in [0.1, 0.15) is 92.9 Å². The molecule has 0 amide bonds. The lowest BCUT2D eigenvalue weighted by molar-refractivity contribution is -0.269. The minimum atomic E-state index is -1.41. The predicted molar refractivity (Wildman–Crippen MR) is 175 cm³/mol. The maximum Gasteiger partial charge on any atom is 0.161 e. The molecule has 0 aromatic carbocycles. The number of fused-ring (bicyclic) bond motifs is 7. The standard InChI is InChI=1S/C35H64N4O6/c1-11-45-35(39)23(40)13-16-30(6)33(37)17-12-22-28(4,29(33,5)18-19-34(30,35)38)15-14-24(42-8)31(21-41-7)26(44-10)25(43-9)27(2,3)20-32(22,31)36/h12,23-26,40H,11,13-21,36-39H2,1-10H3/t23-,24+,25-,26-,28+,29-,30+,31-,32+,33+,34-,35-/m0/s1. The molecule has 4 saturated carbocycles. The highest BCUT2D eigenvalue weighted by molar-refractivity contribution is 5.46. The van der Waals surface area contributed by atoms with E-state index in [0.717, 1.165) is 12.8 Å². The summed E-state index contributed by atoms with van der Waals surface area (Å²) in [5.41, 5.74) is 25.1. The van der Waals surface area contributed by atoms with E-state index >= 15 is 0 Å². The Hall–Kier alpha value is -0.660. The monoisotopic (exact) mass is 636 g/mol. The molecule has 0 bridgehead atoms. The van der Waals surface area contributed by atoms with E-state index in [0.29, 0.717) is 51.7 Å². The lowest BCUT2D eigenvalue weighted by Crippen LogP contribution is -2.90. The van der Waals surface area contributed by atoms with E-state index in [-0.39, 0.29) is 23.7 Å². The van der Waals surface area contributed by atoms with Crippen LogP contribution in [-0.2, 0) is 23.7 Å².